The molecule has 0 radical (unpaired) electrons. The Morgan fingerprint density at radius 3 is 2.00 bits per heavy atom. The van der Waals surface area contributed by atoms with Gasteiger partial charge in [-0.1, -0.05) is 36.4 Å². The van der Waals surface area contributed by atoms with E-state index in [2.05, 4.69) is 4.72 Å². The van der Waals surface area contributed by atoms with E-state index in [4.69, 9.17) is 0 Å². The quantitative estimate of drug-likeness (QED) is 0.646. The molecular weight excluding hydrogens is 408 g/mol. The van der Waals surface area contributed by atoms with Crippen molar-refractivity contribution in [2.45, 2.75) is 22.8 Å². The highest BCUT2D eigenvalue weighted by atomic mass is 32.2. The molecule has 0 bridgehead atoms. The van der Waals surface area contributed by atoms with Crippen molar-refractivity contribution < 1.29 is 16.8 Å². The molecule has 154 valence electrons. The topological polar surface area (TPSA) is 83.6 Å². The van der Waals surface area contributed by atoms with Gasteiger partial charge in [0.05, 0.1) is 9.79 Å². The van der Waals surface area contributed by atoms with E-state index in [-0.39, 0.29) is 9.79 Å². The Bertz CT molecular complexity index is 1250. The van der Waals surface area contributed by atoms with Gasteiger partial charge in [0.15, 0.2) is 9.84 Å². The van der Waals surface area contributed by atoms with Crippen LogP contribution in [-0.4, -0.2) is 37.2 Å². The number of sulfonamides is 1. The predicted molar refractivity (Wildman–Crippen MR) is 117 cm³/mol. The maximum Gasteiger partial charge on any atom is 0.241 e. The molecule has 3 aromatic carbocycles. The van der Waals surface area contributed by atoms with Crippen molar-refractivity contribution >= 4 is 36.3 Å². The molecule has 1 N–H and O–H groups in total. The summed E-state index contributed by atoms with van der Waals surface area (Å²) in [4.78, 5) is 2.35. The van der Waals surface area contributed by atoms with Crippen LogP contribution in [0.25, 0.3) is 10.8 Å². The van der Waals surface area contributed by atoms with E-state index in [0.717, 1.165) is 17.3 Å². The third-order valence-corrected chi connectivity index (χ3v) is 7.50. The molecule has 0 unspecified atom stereocenters. The summed E-state index contributed by atoms with van der Waals surface area (Å²) in [7, 11) is -3.28. The molecule has 0 saturated heterocycles. The van der Waals surface area contributed by atoms with Crippen molar-refractivity contribution in [2.24, 2.45) is 0 Å². The van der Waals surface area contributed by atoms with Crippen molar-refractivity contribution in [2.75, 3.05) is 25.3 Å². The molecule has 0 amide bonds. The second-order valence-corrected chi connectivity index (χ2v) is 10.9. The summed E-state index contributed by atoms with van der Waals surface area (Å²) in [6, 6.07) is 16.5. The first kappa shape index (κ1) is 21.3. The SMILES string of the molecule is C[C@@H](NS(=O)(=O)c1cccc2c(N(C)C)cccc12)c1ccc(S(C)(=O)=O)cc1. The number of nitrogens with zero attached hydrogens (tertiary/aromatic N) is 1. The third kappa shape index (κ3) is 4.44. The average Bonchev–Trinajstić information content (AvgIpc) is 2.66. The van der Waals surface area contributed by atoms with Crippen LogP contribution < -0.4 is 9.62 Å². The first-order chi connectivity index (χ1) is 13.5. The van der Waals surface area contributed by atoms with Crippen molar-refractivity contribution in [3.05, 3.63) is 66.2 Å². The van der Waals surface area contributed by atoms with Gasteiger partial charge >= 0.3 is 0 Å². The Hall–Kier alpha value is -2.42. The summed E-state index contributed by atoms with van der Waals surface area (Å²) >= 11 is 0. The number of anilines is 1. The minimum absolute atomic E-state index is 0.196. The summed E-state index contributed by atoms with van der Waals surface area (Å²) in [6.07, 6.45) is 1.14. The number of rotatable bonds is 6. The van der Waals surface area contributed by atoms with Crippen LogP contribution in [0, 0.1) is 0 Å². The summed E-state index contributed by atoms with van der Waals surface area (Å²) in [5.41, 5.74) is 1.61. The van der Waals surface area contributed by atoms with Gasteiger partial charge in [-0.05, 0) is 36.8 Å². The van der Waals surface area contributed by atoms with Gasteiger partial charge in [0.2, 0.25) is 10.0 Å². The van der Waals surface area contributed by atoms with Gasteiger partial charge < -0.3 is 4.90 Å². The van der Waals surface area contributed by atoms with Crippen LogP contribution >= 0.6 is 0 Å². The highest BCUT2D eigenvalue weighted by Gasteiger charge is 2.22. The predicted octanol–water partition coefficient (Wildman–Crippen LogP) is 3.35. The normalized spacial score (nSPS) is 13.4. The molecule has 0 spiro atoms. The van der Waals surface area contributed by atoms with Crippen molar-refractivity contribution in [1.29, 1.82) is 0 Å². The van der Waals surface area contributed by atoms with Gasteiger partial charge in [-0.3, -0.25) is 0 Å². The van der Waals surface area contributed by atoms with E-state index in [0.29, 0.717) is 10.9 Å². The Labute approximate surface area is 172 Å². The lowest BCUT2D eigenvalue weighted by Crippen LogP contribution is -2.27. The maximum absolute atomic E-state index is 13.1. The van der Waals surface area contributed by atoms with E-state index >= 15 is 0 Å². The second kappa shape index (κ2) is 7.78. The zero-order chi connectivity index (χ0) is 21.4. The molecule has 0 aliphatic heterocycles. The Balaban J connectivity index is 1.97. The van der Waals surface area contributed by atoms with Crippen LogP contribution in [0.3, 0.4) is 0 Å². The van der Waals surface area contributed by atoms with Crippen LogP contribution in [-0.2, 0) is 19.9 Å². The smallest absolute Gasteiger partial charge is 0.241 e. The van der Waals surface area contributed by atoms with Gasteiger partial charge in [0.1, 0.15) is 0 Å². The minimum atomic E-state index is -3.80. The van der Waals surface area contributed by atoms with Gasteiger partial charge in [0, 0.05) is 42.9 Å². The summed E-state index contributed by atoms with van der Waals surface area (Å²) in [5, 5.41) is 1.50. The molecule has 0 saturated carbocycles. The van der Waals surface area contributed by atoms with Crippen LogP contribution in [0.1, 0.15) is 18.5 Å². The standard InChI is InChI=1S/C21H24N2O4S2/c1-15(16-11-13-17(14-12-16)28(4,24)25)22-29(26,27)21-10-6-7-18-19(21)8-5-9-20(18)23(2)3/h5-15,22H,1-4H3/t15-/m1/s1. The molecule has 0 aliphatic carbocycles. The van der Waals surface area contributed by atoms with E-state index in [1.54, 1.807) is 37.3 Å². The monoisotopic (exact) mass is 432 g/mol. The third-order valence-electron chi connectivity index (χ3n) is 4.77. The number of hydrogen-bond acceptors (Lipinski definition) is 5. The van der Waals surface area contributed by atoms with E-state index in [1.165, 1.54) is 12.1 Å². The lowest BCUT2D eigenvalue weighted by Gasteiger charge is -2.19. The van der Waals surface area contributed by atoms with Gasteiger partial charge in [-0.25, -0.2) is 21.6 Å². The minimum Gasteiger partial charge on any atom is -0.377 e. The molecule has 29 heavy (non-hydrogen) atoms. The Kier molecular flexibility index (Phi) is 5.71. The second-order valence-electron chi connectivity index (χ2n) is 7.21. The van der Waals surface area contributed by atoms with Crippen molar-refractivity contribution in [3.8, 4) is 0 Å². The number of hydrogen-bond donors (Lipinski definition) is 1. The number of nitrogens with one attached hydrogen (secondary N) is 1. The number of fused-ring (bicyclic) bond motifs is 1. The first-order valence-electron chi connectivity index (χ1n) is 9.02. The highest BCUT2D eigenvalue weighted by molar-refractivity contribution is 7.90. The molecule has 6 nitrogen and oxygen atoms in total. The van der Waals surface area contributed by atoms with Gasteiger partial charge in [0.25, 0.3) is 0 Å². The molecule has 0 fully saturated rings. The van der Waals surface area contributed by atoms with Crippen molar-refractivity contribution in [1.82, 2.24) is 4.72 Å². The lowest BCUT2D eigenvalue weighted by atomic mass is 10.1. The summed E-state index contributed by atoms with van der Waals surface area (Å²) < 4.78 is 52.2. The highest BCUT2D eigenvalue weighted by Crippen LogP contribution is 2.31. The van der Waals surface area contributed by atoms with E-state index in [9.17, 15) is 16.8 Å². The van der Waals surface area contributed by atoms with Crippen LogP contribution in [0.2, 0.25) is 0 Å². The van der Waals surface area contributed by atoms with Gasteiger partial charge in [-0.2, -0.15) is 0 Å². The van der Waals surface area contributed by atoms with Crippen LogP contribution in [0.4, 0.5) is 5.69 Å². The molecule has 1 atom stereocenters. The van der Waals surface area contributed by atoms with Crippen molar-refractivity contribution in [3.63, 3.8) is 0 Å². The Morgan fingerprint density at radius 2 is 1.41 bits per heavy atom. The molecule has 0 aromatic heterocycles. The number of sulfone groups is 1. The fraction of sp³-hybridized carbons (Fsp3) is 0.238. The lowest BCUT2D eigenvalue weighted by molar-refractivity contribution is 0.567. The van der Waals surface area contributed by atoms with E-state index in [1.807, 2.05) is 37.2 Å². The van der Waals surface area contributed by atoms with Gasteiger partial charge in [-0.15, -0.1) is 0 Å². The maximum atomic E-state index is 13.1. The summed E-state index contributed by atoms with van der Waals surface area (Å²) in [5.74, 6) is 0. The number of benzene rings is 3. The zero-order valence-corrected chi connectivity index (χ0v) is 18.4. The largest absolute Gasteiger partial charge is 0.377 e. The molecule has 0 aliphatic rings. The fourth-order valence-corrected chi connectivity index (χ4v) is 5.34. The Morgan fingerprint density at radius 1 is 0.828 bits per heavy atom. The molecule has 8 heteroatoms. The van der Waals surface area contributed by atoms with Crippen LogP contribution in [0.5, 0.6) is 0 Å². The molecule has 0 heterocycles. The average molecular weight is 433 g/mol. The summed E-state index contributed by atoms with van der Waals surface area (Å²) in [6.45, 7) is 1.73. The molecule has 3 rings (SSSR count). The zero-order valence-electron chi connectivity index (χ0n) is 16.7. The molecule has 3 aromatic rings. The van der Waals surface area contributed by atoms with E-state index < -0.39 is 25.9 Å². The van der Waals surface area contributed by atoms with Crippen LogP contribution in [0.15, 0.2) is 70.5 Å². The fourth-order valence-electron chi connectivity index (χ4n) is 3.26. The molecular formula is C21H24N2O4S2. The first-order valence-corrected chi connectivity index (χ1v) is 12.4.